The lowest BCUT2D eigenvalue weighted by Gasteiger charge is -2.09. The standard InChI is InChI=1S/C22H23ClFN3O2/c1-14-7-8-18(12-21(14)23)27-16(3)20(15(2)26-27)13-22(28)25-9-10-29-19-6-4-5-17(24)11-19/h4-8,11-12H,9-10,13H2,1-3H3,(H,25,28). The SMILES string of the molecule is Cc1ccc(-n2nc(C)c(CC(=O)NCCOc3cccc(F)c3)c2C)cc1Cl. The highest BCUT2D eigenvalue weighted by molar-refractivity contribution is 6.31. The molecule has 2 aromatic carbocycles. The highest BCUT2D eigenvalue weighted by atomic mass is 35.5. The number of nitrogens with zero attached hydrogens (tertiary/aromatic N) is 2. The third-order valence-electron chi connectivity index (χ3n) is 4.67. The van der Waals surface area contributed by atoms with Gasteiger partial charge in [-0.2, -0.15) is 5.10 Å². The van der Waals surface area contributed by atoms with Crippen LogP contribution in [0.15, 0.2) is 42.5 Å². The van der Waals surface area contributed by atoms with Gasteiger partial charge in [0.1, 0.15) is 18.2 Å². The highest BCUT2D eigenvalue weighted by Gasteiger charge is 2.16. The third kappa shape index (κ3) is 5.15. The summed E-state index contributed by atoms with van der Waals surface area (Å²) in [4.78, 5) is 12.3. The maximum atomic E-state index is 13.1. The van der Waals surface area contributed by atoms with E-state index < -0.39 is 0 Å². The molecule has 0 atom stereocenters. The average molecular weight is 416 g/mol. The molecule has 7 heteroatoms. The second-order valence-corrected chi connectivity index (χ2v) is 7.23. The number of nitrogens with one attached hydrogen (secondary N) is 1. The van der Waals surface area contributed by atoms with Gasteiger partial charge in [-0.05, 0) is 50.6 Å². The number of amides is 1. The third-order valence-corrected chi connectivity index (χ3v) is 5.07. The molecule has 0 radical (unpaired) electrons. The van der Waals surface area contributed by atoms with Crippen molar-refractivity contribution in [1.82, 2.24) is 15.1 Å². The molecule has 1 amide bonds. The van der Waals surface area contributed by atoms with Crippen LogP contribution in [0.3, 0.4) is 0 Å². The number of carbonyl (C=O) groups excluding carboxylic acids is 1. The fourth-order valence-electron chi connectivity index (χ4n) is 3.03. The largest absolute Gasteiger partial charge is 0.492 e. The smallest absolute Gasteiger partial charge is 0.224 e. The van der Waals surface area contributed by atoms with Gasteiger partial charge in [0.15, 0.2) is 0 Å². The molecule has 0 unspecified atom stereocenters. The van der Waals surface area contributed by atoms with Gasteiger partial charge in [0.2, 0.25) is 5.91 Å². The number of benzene rings is 2. The predicted octanol–water partition coefficient (Wildman–Crippen LogP) is 4.33. The van der Waals surface area contributed by atoms with Crippen molar-refractivity contribution in [2.75, 3.05) is 13.2 Å². The summed E-state index contributed by atoms with van der Waals surface area (Å²) < 4.78 is 20.4. The summed E-state index contributed by atoms with van der Waals surface area (Å²) in [6, 6.07) is 11.7. The number of rotatable bonds is 7. The summed E-state index contributed by atoms with van der Waals surface area (Å²) in [5, 5.41) is 8.06. The summed E-state index contributed by atoms with van der Waals surface area (Å²) in [6.45, 7) is 6.35. The van der Waals surface area contributed by atoms with E-state index >= 15 is 0 Å². The van der Waals surface area contributed by atoms with Crippen molar-refractivity contribution < 1.29 is 13.9 Å². The van der Waals surface area contributed by atoms with Gasteiger partial charge in [-0.15, -0.1) is 0 Å². The summed E-state index contributed by atoms with van der Waals surface area (Å²) in [7, 11) is 0. The zero-order chi connectivity index (χ0) is 21.0. The van der Waals surface area contributed by atoms with Gasteiger partial charge in [0, 0.05) is 22.3 Å². The summed E-state index contributed by atoms with van der Waals surface area (Å²) >= 11 is 6.23. The predicted molar refractivity (Wildman–Crippen MR) is 111 cm³/mol. The van der Waals surface area contributed by atoms with Crippen LogP contribution >= 0.6 is 11.6 Å². The molecule has 29 heavy (non-hydrogen) atoms. The molecule has 152 valence electrons. The van der Waals surface area contributed by atoms with Crippen LogP contribution in [0.1, 0.15) is 22.5 Å². The van der Waals surface area contributed by atoms with Crippen LogP contribution in [0, 0.1) is 26.6 Å². The molecule has 1 N–H and O–H groups in total. The lowest BCUT2D eigenvalue weighted by atomic mass is 10.1. The van der Waals surface area contributed by atoms with E-state index in [1.807, 2.05) is 39.0 Å². The first-order valence-corrected chi connectivity index (χ1v) is 9.69. The Bertz CT molecular complexity index is 1030. The van der Waals surface area contributed by atoms with Crippen LogP contribution in [-0.2, 0) is 11.2 Å². The van der Waals surface area contributed by atoms with E-state index in [9.17, 15) is 9.18 Å². The van der Waals surface area contributed by atoms with Gasteiger partial charge >= 0.3 is 0 Å². The van der Waals surface area contributed by atoms with E-state index in [1.54, 1.807) is 16.8 Å². The van der Waals surface area contributed by atoms with Crippen LogP contribution in [0.5, 0.6) is 5.75 Å². The van der Waals surface area contributed by atoms with Crippen molar-refractivity contribution in [3.8, 4) is 11.4 Å². The van der Waals surface area contributed by atoms with E-state index in [0.717, 1.165) is 28.2 Å². The number of aromatic nitrogens is 2. The topological polar surface area (TPSA) is 56.2 Å². The maximum absolute atomic E-state index is 13.1. The molecule has 0 bridgehead atoms. The molecule has 3 aromatic rings. The van der Waals surface area contributed by atoms with Crippen molar-refractivity contribution in [2.45, 2.75) is 27.2 Å². The van der Waals surface area contributed by atoms with Gasteiger partial charge in [-0.3, -0.25) is 4.79 Å². The Hall–Kier alpha value is -2.86. The van der Waals surface area contributed by atoms with Crippen molar-refractivity contribution in [1.29, 1.82) is 0 Å². The van der Waals surface area contributed by atoms with Crippen molar-refractivity contribution >= 4 is 17.5 Å². The Morgan fingerprint density at radius 3 is 2.72 bits per heavy atom. The Morgan fingerprint density at radius 2 is 2.00 bits per heavy atom. The van der Waals surface area contributed by atoms with Gasteiger partial charge in [-0.25, -0.2) is 9.07 Å². The quantitative estimate of drug-likeness (QED) is 0.584. The van der Waals surface area contributed by atoms with Crippen molar-refractivity contribution in [2.24, 2.45) is 0 Å². The number of ether oxygens (including phenoxy) is 1. The Labute approximate surface area is 174 Å². The van der Waals surface area contributed by atoms with E-state index in [4.69, 9.17) is 16.3 Å². The molecule has 5 nitrogen and oxygen atoms in total. The van der Waals surface area contributed by atoms with Gasteiger partial charge < -0.3 is 10.1 Å². The lowest BCUT2D eigenvalue weighted by molar-refractivity contribution is -0.120. The molecule has 0 aliphatic carbocycles. The zero-order valence-corrected chi connectivity index (χ0v) is 17.4. The molecule has 1 aromatic heterocycles. The molecule has 1 heterocycles. The Kier molecular flexibility index (Phi) is 6.54. The maximum Gasteiger partial charge on any atom is 0.224 e. The molecule has 0 aliphatic heterocycles. The molecule has 3 rings (SSSR count). The van der Waals surface area contributed by atoms with Crippen LogP contribution in [-0.4, -0.2) is 28.8 Å². The fourth-order valence-corrected chi connectivity index (χ4v) is 3.21. The second-order valence-electron chi connectivity index (χ2n) is 6.83. The summed E-state index contributed by atoms with van der Waals surface area (Å²) in [5.74, 6) is -0.0473. The van der Waals surface area contributed by atoms with Gasteiger partial charge in [0.05, 0.1) is 24.3 Å². The van der Waals surface area contributed by atoms with E-state index in [1.165, 1.54) is 12.1 Å². The number of aryl methyl sites for hydroxylation is 2. The van der Waals surface area contributed by atoms with Crippen LogP contribution in [0.2, 0.25) is 5.02 Å². The first-order chi connectivity index (χ1) is 13.8. The first-order valence-electron chi connectivity index (χ1n) is 9.32. The number of halogens is 2. The van der Waals surface area contributed by atoms with E-state index in [-0.39, 0.29) is 24.8 Å². The molecule has 0 spiro atoms. The van der Waals surface area contributed by atoms with E-state index in [0.29, 0.717) is 17.3 Å². The number of carbonyl (C=O) groups is 1. The summed E-state index contributed by atoms with van der Waals surface area (Å²) in [5.41, 5.74) is 4.43. The number of hydrogen-bond acceptors (Lipinski definition) is 3. The van der Waals surface area contributed by atoms with E-state index in [2.05, 4.69) is 10.4 Å². The molecule has 0 saturated heterocycles. The van der Waals surface area contributed by atoms with Crippen molar-refractivity contribution in [3.05, 3.63) is 75.8 Å². The molecular weight excluding hydrogens is 393 g/mol. The first kappa shape index (κ1) is 20.9. The molecule has 0 saturated carbocycles. The Morgan fingerprint density at radius 1 is 1.21 bits per heavy atom. The normalized spacial score (nSPS) is 10.8. The van der Waals surface area contributed by atoms with Crippen LogP contribution in [0.4, 0.5) is 4.39 Å². The zero-order valence-electron chi connectivity index (χ0n) is 16.6. The van der Waals surface area contributed by atoms with Gasteiger partial charge in [0.25, 0.3) is 0 Å². The molecule has 0 fully saturated rings. The monoisotopic (exact) mass is 415 g/mol. The lowest BCUT2D eigenvalue weighted by Crippen LogP contribution is -2.29. The average Bonchev–Trinajstić information content (AvgIpc) is 2.96. The molecule has 0 aliphatic rings. The summed E-state index contributed by atoms with van der Waals surface area (Å²) in [6.07, 6.45) is 0.219. The van der Waals surface area contributed by atoms with Crippen LogP contribution < -0.4 is 10.1 Å². The minimum Gasteiger partial charge on any atom is -0.492 e. The van der Waals surface area contributed by atoms with Crippen LogP contribution in [0.25, 0.3) is 5.69 Å². The van der Waals surface area contributed by atoms with Crippen molar-refractivity contribution in [3.63, 3.8) is 0 Å². The highest BCUT2D eigenvalue weighted by Crippen LogP contribution is 2.23. The fraction of sp³-hybridized carbons (Fsp3) is 0.273. The molecular formula is C22H23ClFN3O2. The number of hydrogen-bond donors (Lipinski definition) is 1. The minimum absolute atomic E-state index is 0.125. The van der Waals surface area contributed by atoms with Gasteiger partial charge in [-0.1, -0.05) is 23.7 Å². The Balaban J connectivity index is 1.59. The minimum atomic E-state index is -0.357. The second kappa shape index (κ2) is 9.09.